The SMILES string of the molecule is CN=C(NCCCOc1ccc(OC)cc1)NCc1coc(-c2ccc(C)cc2)n1.I. The molecule has 3 rings (SSSR count). The lowest BCUT2D eigenvalue weighted by molar-refractivity contribution is 0.310. The highest BCUT2D eigenvalue weighted by Gasteiger charge is 2.07. The number of hydrogen-bond acceptors (Lipinski definition) is 5. The van der Waals surface area contributed by atoms with Gasteiger partial charge < -0.3 is 24.5 Å². The molecule has 0 unspecified atom stereocenters. The maximum atomic E-state index is 5.72. The van der Waals surface area contributed by atoms with Crippen LogP contribution in [-0.4, -0.2) is 38.3 Å². The van der Waals surface area contributed by atoms with Crippen LogP contribution in [0.2, 0.25) is 0 Å². The first kappa shape index (κ1) is 24.5. The molecule has 0 atom stereocenters. The normalized spacial score (nSPS) is 10.9. The van der Waals surface area contributed by atoms with Crippen molar-refractivity contribution in [3.05, 3.63) is 66.1 Å². The van der Waals surface area contributed by atoms with E-state index in [4.69, 9.17) is 13.9 Å². The van der Waals surface area contributed by atoms with Crippen molar-refractivity contribution in [1.82, 2.24) is 15.6 Å². The van der Waals surface area contributed by atoms with Gasteiger partial charge in [-0.2, -0.15) is 0 Å². The topological polar surface area (TPSA) is 80.9 Å². The largest absolute Gasteiger partial charge is 0.497 e. The van der Waals surface area contributed by atoms with Gasteiger partial charge in [0.15, 0.2) is 5.96 Å². The van der Waals surface area contributed by atoms with Crippen molar-refractivity contribution < 1.29 is 13.9 Å². The first-order chi connectivity index (χ1) is 14.7. The first-order valence-electron chi connectivity index (χ1n) is 9.91. The monoisotopic (exact) mass is 536 g/mol. The van der Waals surface area contributed by atoms with Gasteiger partial charge in [0.25, 0.3) is 0 Å². The zero-order chi connectivity index (χ0) is 21.2. The lowest BCUT2D eigenvalue weighted by atomic mass is 10.1. The van der Waals surface area contributed by atoms with Crippen LogP contribution in [0.4, 0.5) is 0 Å². The molecule has 8 heteroatoms. The minimum absolute atomic E-state index is 0. The highest BCUT2D eigenvalue weighted by Crippen LogP contribution is 2.19. The highest BCUT2D eigenvalue weighted by molar-refractivity contribution is 14.0. The van der Waals surface area contributed by atoms with Crippen LogP contribution in [0.25, 0.3) is 11.5 Å². The van der Waals surface area contributed by atoms with Crippen LogP contribution >= 0.6 is 24.0 Å². The number of aromatic nitrogens is 1. The molecule has 0 fully saturated rings. The minimum Gasteiger partial charge on any atom is -0.497 e. The van der Waals surface area contributed by atoms with E-state index < -0.39 is 0 Å². The van der Waals surface area contributed by atoms with Crippen molar-refractivity contribution >= 4 is 29.9 Å². The Morgan fingerprint density at radius 3 is 2.42 bits per heavy atom. The number of rotatable bonds is 9. The zero-order valence-corrected chi connectivity index (χ0v) is 20.4. The highest BCUT2D eigenvalue weighted by atomic mass is 127. The van der Waals surface area contributed by atoms with Crippen LogP contribution in [0.3, 0.4) is 0 Å². The predicted molar refractivity (Wildman–Crippen MR) is 133 cm³/mol. The number of nitrogens with one attached hydrogen (secondary N) is 2. The lowest BCUT2D eigenvalue weighted by Gasteiger charge is -2.11. The molecule has 0 bridgehead atoms. The Morgan fingerprint density at radius 1 is 1.03 bits per heavy atom. The van der Waals surface area contributed by atoms with E-state index in [1.54, 1.807) is 20.4 Å². The molecule has 1 aromatic heterocycles. The molecule has 2 N–H and O–H groups in total. The van der Waals surface area contributed by atoms with E-state index in [0.717, 1.165) is 35.7 Å². The maximum Gasteiger partial charge on any atom is 0.226 e. The van der Waals surface area contributed by atoms with Crippen molar-refractivity contribution in [3.8, 4) is 23.0 Å². The average Bonchev–Trinajstić information content (AvgIpc) is 3.25. The molecule has 0 saturated carbocycles. The van der Waals surface area contributed by atoms with Crippen molar-refractivity contribution in [1.29, 1.82) is 0 Å². The minimum atomic E-state index is 0. The number of hydrogen-bond donors (Lipinski definition) is 2. The van der Waals surface area contributed by atoms with Gasteiger partial charge in [-0.1, -0.05) is 17.7 Å². The van der Waals surface area contributed by atoms with E-state index in [2.05, 4.69) is 27.5 Å². The second-order valence-corrected chi connectivity index (χ2v) is 6.74. The average molecular weight is 536 g/mol. The van der Waals surface area contributed by atoms with E-state index in [1.807, 2.05) is 48.5 Å². The summed E-state index contributed by atoms with van der Waals surface area (Å²) in [5.74, 6) is 2.97. The Balaban J connectivity index is 0.00000341. The van der Waals surface area contributed by atoms with E-state index in [1.165, 1.54) is 5.56 Å². The van der Waals surface area contributed by atoms with Crippen LogP contribution in [-0.2, 0) is 6.54 Å². The van der Waals surface area contributed by atoms with Gasteiger partial charge >= 0.3 is 0 Å². The smallest absolute Gasteiger partial charge is 0.226 e. The van der Waals surface area contributed by atoms with Crippen LogP contribution in [0.1, 0.15) is 17.7 Å². The number of aliphatic imine (C=N–C) groups is 1. The van der Waals surface area contributed by atoms with E-state index >= 15 is 0 Å². The lowest BCUT2D eigenvalue weighted by Crippen LogP contribution is -2.37. The maximum absolute atomic E-state index is 5.72. The fourth-order valence-corrected chi connectivity index (χ4v) is 2.75. The molecule has 0 aliphatic rings. The van der Waals surface area contributed by atoms with Gasteiger partial charge in [0.2, 0.25) is 5.89 Å². The van der Waals surface area contributed by atoms with Gasteiger partial charge in [0, 0.05) is 19.2 Å². The number of methoxy groups -OCH3 is 1. The second kappa shape index (κ2) is 12.8. The Morgan fingerprint density at radius 2 is 1.74 bits per heavy atom. The number of halogens is 1. The number of ether oxygens (including phenoxy) is 2. The molecule has 0 amide bonds. The first-order valence-corrected chi connectivity index (χ1v) is 9.91. The summed E-state index contributed by atoms with van der Waals surface area (Å²) in [7, 11) is 3.39. The van der Waals surface area contributed by atoms with E-state index in [-0.39, 0.29) is 24.0 Å². The molecule has 31 heavy (non-hydrogen) atoms. The Bertz CT molecular complexity index is 940. The molecule has 0 radical (unpaired) electrons. The third kappa shape index (κ3) is 7.78. The summed E-state index contributed by atoms with van der Waals surface area (Å²) < 4.78 is 16.5. The zero-order valence-electron chi connectivity index (χ0n) is 18.1. The van der Waals surface area contributed by atoms with Crippen LogP contribution in [0.5, 0.6) is 11.5 Å². The molecule has 7 nitrogen and oxygen atoms in total. The Hall–Kier alpha value is -2.75. The van der Waals surface area contributed by atoms with Crippen LogP contribution in [0, 0.1) is 6.92 Å². The van der Waals surface area contributed by atoms with Gasteiger partial charge in [-0.05, 0) is 49.7 Å². The molecule has 2 aromatic carbocycles. The fourth-order valence-electron chi connectivity index (χ4n) is 2.75. The molecular weight excluding hydrogens is 507 g/mol. The molecule has 166 valence electrons. The van der Waals surface area contributed by atoms with Crippen molar-refractivity contribution in [3.63, 3.8) is 0 Å². The predicted octanol–water partition coefficient (Wildman–Crippen LogP) is 4.41. The van der Waals surface area contributed by atoms with Crippen LogP contribution in [0.15, 0.2) is 64.2 Å². The molecule has 3 aromatic rings. The van der Waals surface area contributed by atoms with E-state index in [0.29, 0.717) is 25.0 Å². The van der Waals surface area contributed by atoms with Gasteiger partial charge in [-0.15, -0.1) is 24.0 Å². The standard InChI is InChI=1S/C23H28N4O3.HI/c1-17-5-7-18(8-6-17)22-27-19(16-30-22)15-26-23(24-2)25-13-4-14-29-21-11-9-20(28-3)10-12-21;/h5-12,16H,4,13-15H2,1-3H3,(H2,24,25,26);1H. The molecular formula is C23H29IN4O3. The molecule has 0 aliphatic heterocycles. The van der Waals surface area contributed by atoms with Gasteiger partial charge in [0.05, 0.1) is 26.0 Å². The molecule has 1 heterocycles. The van der Waals surface area contributed by atoms with Crippen molar-refractivity contribution in [2.45, 2.75) is 19.9 Å². The number of oxazole rings is 1. The molecule has 0 aliphatic carbocycles. The summed E-state index contributed by atoms with van der Waals surface area (Å²) in [5, 5.41) is 6.51. The number of benzene rings is 2. The summed E-state index contributed by atoms with van der Waals surface area (Å²) in [4.78, 5) is 8.77. The molecule has 0 saturated heterocycles. The Labute approximate surface area is 200 Å². The summed E-state index contributed by atoms with van der Waals surface area (Å²) in [6, 6.07) is 15.7. The molecule has 0 spiro atoms. The summed E-state index contributed by atoms with van der Waals surface area (Å²) >= 11 is 0. The Kier molecular flexibility index (Phi) is 10.2. The van der Waals surface area contributed by atoms with Crippen LogP contribution < -0.4 is 20.1 Å². The summed E-state index contributed by atoms with van der Waals surface area (Å²) in [5.41, 5.74) is 2.99. The van der Waals surface area contributed by atoms with Crippen molar-refractivity contribution in [2.75, 3.05) is 27.3 Å². The quantitative estimate of drug-likeness (QED) is 0.183. The van der Waals surface area contributed by atoms with Gasteiger partial charge in [-0.25, -0.2) is 4.98 Å². The second-order valence-electron chi connectivity index (χ2n) is 6.74. The van der Waals surface area contributed by atoms with E-state index in [9.17, 15) is 0 Å². The number of aryl methyl sites for hydroxylation is 1. The fraction of sp³-hybridized carbons (Fsp3) is 0.304. The summed E-state index contributed by atoms with van der Waals surface area (Å²) in [6.45, 7) is 3.93. The van der Waals surface area contributed by atoms with Gasteiger partial charge in [0.1, 0.15) is 17.8 Å². The summed E-state index contributed by atoms with van der Waals surface area (Å²) in [6.07, 6.45) is 2.51. The number of guanidine groups is 1. The number of nitrogens with zero attached hydrogens (tertiary/aromatic N) is 2. The van der Waals surface area contributed by atoms with Crippen molar-refractivity contribution in [2.24, 2.45) is 4.99 Å². The third-order valence-electron chi connectivity index (χ3n) is 4.45. The van der Waals surface area contributed by atoms with Gasteiger partial charge in [-0.3, -0.25) is 4.99 Å². The third-order valence-corrected chi connectivity index (χ3v) is 4.45.